The first kappa shape index (κ1) is 21.2. The van der Waals surface area contributed by atoms with Crippen molar-refractivity contribution in [2.45, 2.75) is 32.1 Å². The van der Waals surface area contributed by atoms with E-state index in [1.165, 1.54) is 16.2 Å². The Bertz CT molecular complexity index is 1120. The Balaban J connectivity index is 2.25. The Morgan fingerprint density at radius 3 is 2.48 bits per heavy atom. The SMILES string of the molecule is COc1ccc(Cn2c(=O)n(C(C)(C)CO)c3ncc(C(F)(F)F)cc32)cc1Cl. The number of pyridine rings is 1. The van der Waals surface area contributed by atoms with Gasteiger partial charge in [0.25, 0.3) is 0 Å². The molecule has 0 unspecified atom stereocenters. The number of rotatable bonds is 5. The second-order valence-corrected chi connectivity index (χ2v) is 7.62. The summed E-state index contributed by atoms with van der Waals surface area (Å²) in [6.07, 6.45) is -3.93. The Morgan fingerprint density at radius 2 is 1.93 bits per heavy atom. The highest BCUT2D eigenvalue weighted by atomic mass is 35.5. The Labute approximate surface area is 169 Å². The molecule has 0 bridgehead atoms. The van der Waals surface area contributed by atoms with Crippen LogP contribution in [0.2, 0.25) is 5.02 Å². The minimum atomic E-state index is -4.61. The molecule has 2 heterocycles. The number of aliphatic hydroxyl groups excluding tert-OH is 1. The molecule has 0 amide bonds. The molecule has 6 nitrogen and oxygen atoms in total. The third kappa shape index (κ3) is 3.84. The van der Waals surface area contributed by atoms with Crippen molar-refractivity contribution in [3.63, 3.8) is 0 Å². The van der Waals surface area contributed by atoms with E-state index in [1.54, 1.807) is 32.0 Å². The average molecular weight is 430 g/mol. The molecule has 0 aliphatic rings. The summed E-state index contributed by atoms with van der Waals surface area (Å²) in [6, 6.07) is 5.74. The zero-order valence-corrected chi connectivity index (χ0v) is 16.7. The summed E-state index contributed by atoms with van der Waals surface area (Å²) in [4.78, 5) is 17.0. The number of ether oxygens (including phenoxy) is 1. The monoisotopic (exact) mass is 429 g/mol. The molecular formula is C19H19ClF3N3O3. The van der Waals surface area contributed by atoms with E-state index in [0.717, 1.165) is 6.07 Å². The normalized spacial score (nSPS) is 12.6. The van der Waals surface area contributed by atoms with Crippen LogP contribution in [-0.2, 0) is 18.3 Å². The molecule has 29 heavy (non-hydrogen) atoms. The standard InChI is InChI=1S/C19H19ClF3N3O3/c1-18(2,10-27)26-16-14(7-12(8-24-16)19(21,22)23)25(17(26)28)9-11-4-5-15(29-3)13(20)6-11/h4-8,27H,9-10H2,1-3H3. The molecule has 0 aliphatic carbocycles. The van der Waals surface area contributed by atoms with Gasteiger partial charge < -0.3 is 9.84 Å². The van der Waals surface area contributed by atoms with Crippen molar-refractivity contribution < 1.29 is 23.0 Å². The number of nitrogens with zero attached hydrogens (tertiary/aromatic N) is 3. The van der Waals surface area contributed by atoms with Crippen LogP contribution in [0.1, 0.15) is 25.0 Å². The zero-order valence-electron chi connectivity index (χ0n) is 15.9. The Hall–Kier alpha value is -2.52. The van der Waals surface area contributed by atoms with Crippen LogP contribution in [0.3, 0.4) is 0 Å². The van der Waals surface area contributed by atoms with Gasteiger partial charge in [0.2, 0.25) is 0 Å². The van der Waals surface area contributed by atoms with Gasteiger partial charge in [0.15, 0.2) is 5.65 Å². The van der Waals surface area contributed by atoms with Crippen LogP contribution in [0.5, 0.6) is 5.75 Å². The van der Waals surface area contributed by atoms with E-state index in [1.807, 2.05) is 0 Å². The minimum absolute atomic E-state index is 0.0123. The highest BCUT2D eigenvalue weighted by Crippen LogP contribution is 2.32. The van der Waals surface area contributed by atoms with Crippen LogP contribution in [0.15, 0.2) is 35.3 Å². The summed E-state index contributed by atoms with van der Waals surface area (Å²) in [5.74, 6) is 0.438. The fraction of sp³-hybridized carbons (Fsp3) is 0.368. The molecule has 1 N–H and O–H groups in total. The Kier molecular flexibility index (Phi) is 5.40. The summed E-state index contributed by atoms with van der Waals surface area (Å²) in [5.41, 5.74) is -1.95. The molecule has 2 aromatic heterocycles. The summed E-state index contributed by atoms with van der Waals surface area (Å²) in [6.45, 7) is 2.77. The van der Waals surface area contributed by atoms with Gasteiger partial charge in [-0.3, -0.25) is 9.13 Å². The lowest BCUT2D eigenvalue weighted by Gasteiger charge is -2.23. The number of alkyl halides is 3. The lowest BCUT2D eigenvalue weighted by molar-refractivity contribution is -0.137. The molecule has 0 atom stereocenters. The third-order valence-electron chi connectivity index (χ3n) is 4.65. The smallest absolute Gasteiger partial charge is 0.417 e. The molecule has 0 radical (unpaired) electrons. The van der Waals surface area contributed by atoms with E-state index < -0.39 is 29.6 Å². The molecule has 3 aromatic rings. The van der Waals surface area contributed by atoms with Crippen LogP contribution in [0.4, 0.5) is 13.2 Å². The number of aliphatic hydroxyl groups is 1. The van der Waals surface area contributed by atoms with E-state index in [4.69, 9.17) is 16.3 Å². The predicted molar refractivity (Wildman–Crippen MR) is 103 cm³/mol. The van der Waals surface area contributed by atoms with Crippen LogP contribution < -0.4 is 10.4 Å². The Morgan fingerprint density at radius 1 is 1.24 bits per heavy atom. The second-order valence-electron chi connectivity index (χ2n) is 7.21. The highest BCUT2D eigenvalue weighted by molar-refractivity contribution is 6.32. The summed E-state index contributed by atoms with van der Waals surface area (Å²) >= 11 is 6.13. The zero-order chi connectivity index (χ0) is 21.6. The predicted octanol–water partition coefficient (Wildman–Crippen LogP) is 3.65. The van der Waals surface area contributed by atoms with Crippen LogP contribution in [0, 0.1) is 0 Å². The summed E-state index contributed by atoms with van der Waals surface area (Å²) in [7, 11) is 1.46. The maximum Gasteiger partial charge on any atom is 0.417 e. The van der Waals surface area contributed by atoms with Gasteiger partial charge in [0.1, 0.15) is 5.75 Å². The molecule has 1 aromatic carbocycles. The van der Waals surface area contributed by atoms with E-state index in [9.17, 15) is 23.1 Å². The van der Waals surface area contributed by atoms with Crippen molar-refractivity contribution in [2.75, 3.05) is 13.7 Å². The van der Waals surface area contributed by atoms with Gasteiger partial charge in [-0.25, -0.2) is 9.78 Å². The van der Waals surface area contributed by atoms with E-state index in [2.05, 4.69) is 4.98 Å². The fourth-order valence-corrected chi connectivity index (χ4v) is 3.33. The van der Waals surface area contributed by atoms with E-state index in [0.29, 0.717) is 22.5 Å². The van der Waals surface area contributed by atoms with Crippen LogP contribution >= 0.6 is 11.6 Å². The van der Waals surface area contributed by atoms with Gasteiger partial charge in [-0.2, -0.15) is 13.2 Å². The van der Waals surface area contributed by atoms with Crippen molar-refractivity contribution in [2.24, 2.45) is 0 Å². The first-order valence-electron chi connectivity index (χ1n) is 8.62. The molecule has 0 saturated carbocycles. The first-order valence-corrected chi connectivity index (χ1v) is 8.99. The second kappa shape index (κ2) is 7.38. The number of hydrogen-bond donors (Lipinski definition) is 1. The van der Waals surface area contributed by atoms with Gasteiger partial charge in [0, 0.05) is 6.20 Å². The van der Waals surface area contributed by atoms with Crippen molar-refractivity contribution >= 4 is 22.8 Å². The third-order valence-corrected chi connectivity index (χ3v) is 4.94. The number of benzene rings is 1. The minimum Gasteiger partial charge on any atom is -0.495 e. The van der Waals surface area contributed by atoms with Crippen molar-refractivity contribution in [3.05, 3.63) is 57.1 Å². The molecule has 156 valence electrons. The van der Waals surface area contributed by atoms with Gasteiger partial charge in [-0.05, 0) is 37.6 Å². The maximum atomic E-state index is 13.2. The fourth-order valence-electron chi connectivity index (χ4n) is 3.05. The summed E-state index contributed by atoms with van der Waals surface area (Å²) in [5, 5.41) is 10.0. The molecule has 0 spiro atoms. The number of aromatic nitrogens is 3. The highest BCUT2D eigenvalue weighted by Gasteiger charge is 2.34. The molecule has 0 fully saturated rings. The number of halogens is 4. The number of fused-ring (bicyclic) bond motifs is 1. The van der Waals surface area contributed by atoms with Crippen LogP contribution in [-0.4, -0.2) is 32.9 Å². The molecule has 0 saturated heterocycles. The van der Waals surface area contributed by atoms with E-state index in [-0.39, 0.29) is 17.7 Å². The van der Waals surface area contributed by atoms with Gasteiger partial charge >= 0.3 is 11.9 Å². The largest absolute Gasteiger partial charge is 0.495 e. The number of hydrogen-bond acceptors (Lipinski definition) is 4. The van der Waals surface area contributed by atoms with Gasteiger partial charge in [-0.1, -0.05) is 17.7 Å². The topological polar surface area (TPSA) is 69.3 Å². The average Bonchev–Trinajstić information content (AvgIpc) is 2.93. The molecule has 10 heteroatoms. The van der Waals surface area contributed by atoms with Gasteiger partial charge in [-0.15, -0.1) is 0 Å². The lowest BCUT2D eigenvalue weighted by atomic mass is 10.1. The van der Waals surface area contributed by atoms with E-state index >= 15 is 0 Å². The van der Waals surface area contributed by atoms with Crippen LogP contribution in [0.25, 0.3) is 11.2 Å². The first-order chi connectivity index (χ1) is 13.5. The molecule has 3 rings (SSSR count). The number of methoxy groups -OCH3 is 1. The van der Waals surface area contributed by atoms with Crippen molar-refractivity contribution in [1.82, 2.24) is 14.1 Å². The summed E-state index contributed by atoms with van der Waals surface area (Å²) < 4.78 is 47.1. The number of imidazole rings is 1. The van der Waals surface area contributed by atoms with Crippen molar-refractivity contribution in [3.8, 4) is 5.75 Å². The molecular weight excluding hydrogens is 411 g/mol. The van der Waals surface area contributed by atoms with Crippen molar-refractivity contribution in [1.29, 1.82) is 0 Å². The van der Waals surface area contributed by atoms with Gasteiger partial charge in [0.05, 0.1) is 41.9 Å². The molecule has 0 aliphatic heterocycles. The maximum absolute atomic E-state index is 13.2. The quantitative estimate of drug-likeness (QED) is 0.672. The lowest BCUT2D eigenvalue weighted by Crippen LogP contribution is -2.39.